The second-order valence-corrected chi connectivity index (χ2v) is 8.35. The number of fused-ring (bicyclic) bond motifs is 4. The van der Waals surface area contributed by atoms with Crippen LogP contribution in [0.4, 0.5) is 0 Å². The SMILES string of the molecule is O=C(OC1CN2CCC1CC2)C1CCc2ccccc2[C@@H]1c1ccccc1. The Kier molecular flexibility index (Phi) is 4.48. The number of carbonyl (C=O) groups is 1. The average molecular weight is 361 g/mol. The molecule has 2 bridgehead atoms. The Labute approximate surface area is 161 Å². The maximum absolute atomic E-state index is 13.3. The molecule has 2 aromatic rings. The highest BCUT2D eigenvalue weighted by Gasteiger charge is 2.41. The number of hydrogen-bond acceptors (Lipinski definition) is 3. The third kappa shape index (κ3) is 3.19. The first-order valence-electron chi connectivity index (χ1n) is 10.3. The molecule has 2 unspecified atom stereocenters. The van der Waals surface area contributed by atoms with Crippen LogP contribution in [-0.4, -0.2) is 36.6 Å². The van der Waals surface area contributed by atoms with Crippen molar-refractivity contribution in [2.24, 2.45) is 11.8 Å². The lowest BCUT2D eigenvalue weighted by Gasteiger charge is -2.44. The lowest BCUT2D eigenvalue weighted by molar-refractivity contribution is -0.164. The van der Waals surface area contributed by atoms with Crippen molar-refractivity contribution in [2.75, 3.05) is 19.6 Å². The van der Waals surface area contributed by atoms with E-state index in [4.69, 9.17) is 4.74 Å². The largest absolute Gasteiger partial charge is 0.460 e. The molecule has 3 saturated heterocycles. The van der Waals surface area contributed by atoms with E-state index >= 15 is 0 Å². The Morgan fingerprint density at radius 2 is 1.67 bits per heavy atom. The fraction of sp³-hybridized carbons (Fsp3) is 0.458. The van der Waals surface area contributed by atoms with Crippen molar-refractivity contribution < 1.29 is 9.53 Å². The molecule has 3 heteroatoms. The third-order valence-corrected chi connectivity index (χ3v) is 6.84. The van der Waals surface area contributed by atoms with Gasteiger partial charge in [0.25, 0.3) is 0 Å². The number of rotatable bonds is 3. The first kappa shape index (κ1) is 17.0. The normalized spacial score (nSPS) is 31.9. The summed E-state index contributed by atoms with van der Waals surface area (Å²) in [6.45, 7) is 3.26. The molecule has 3 heterocycles. The summed E-state index contributed by atoms with van der Waals surface area (Å²) in [4.78, 5) is 15.7. The summed E-state index contributed by atoms with van der Waals surface area (Å²) in [5, 5.41) is 0. The summed E-state index contributed by atoms with van der Waals surface area (Å²) >= 11 is 0. The Balaban J connectivity index is 1.43. The second kappa shape index (κ2) is 7.12. The van der Waals surface area contributed by atoms with Gasteiger partial charge in [-0.25, -0.2) is 0 Å². The van der Waals surface area contributed by atoms with Crippen molar-refractivity contribution in [2.45, 2.75) is 37.7 Å². The number of benzene rings is 2. The van der Waals surface area contributed by atoms with Gasteiger partial charge in [-0.15, -0.1) is 0 Å². The van der Waals surface area contributed by atoms with Gasteiger partial charge in [0, 0.05) is 12.5 Å². The zero-order valence-electron chi connectivity index (χ0n) is 15.7. The lowest BCUT2D eigenvalue weighted by Crippen LogP contribution is -2.52. The highest BCUT2D eigenvalue weighted by molar-refractivity contribution is 5.75. The van der Waals surface area contributed by atoms with Crippen LogP contribution in [0.3, 0.4) is 0 Å². The quantitative estimate of drug-likeness (QED) is 0.774. The van der Waals surface area contributed by atoms with Gasteiger partial charge in [0.15, 0.2) is 0 Å². The number of esters is 1. The summed E-state index contributed by atoms with van der Waals surface area (Å²) in [5.74, 6) is 0.588. The minimum absolute atomic E-state index is 0.0112. The van der Waals surface area contributed by atoms with E-state index in [2.05, 4.69) is 53.4 Å². The van der Waals surface area contributed by atoms with Gasteiger partial charge >= 0.3 is 5.97 Å². The van der Waals surface area contributed by atoms with E-state index in [1.165, 1.54) is 42.6 Å². The van der Waals surface area contributed by atoms with Crippen LogP contribution in [0.5, 0.6) is 0 Å². The van der Waals surface area contributed by atoms with E-state index in [1.54, 1.807) is 0 Å². The van der Waals surface area contributed by atoms with Gasteiger partial charge in [-0.05, 0) is 61.4 Å². The predicted octanol–water partition coefficient (Wildman–Crippen LogP) is 4.02. The molecule has 3 nitrogen and oxygen atoms in total. The van der Waals surface area contributed by atoms with E-state index < -0.39 is 0 Å². The van der Waals surface area contributed by atoms with Crippen LogP contribution in [0.2, 0.25) is 0 Å². The number of nitrogens with zero attached hydrogens (tertiary/aromatic N) is 1. The number of carbonyl (C=O) groups excluding carboxylic acids is 1. The monoisotopic (exact) mass is 361 g/mol. The molecule has 0 aromatic heterocycles. The number of ether oxygens (including phenoxy) is 1. The summed E-state index contributed by atoms with van der Waals surface area (Å²) in [6, 6.07) is 19.1. The van der Waals surface area contributed by atoms with Crippen molar-refractivity contribution in [1.82, 2.24) is 4.90 Å². The smallest absolute Gasteiger partial charge is 0.310 e. The first-order chi connectivity index (χ1) is 13.3. The van der Waals surface area contributed by atoms with Crippen molar-refractivity contribution >= 4 is 5.97 Å². The van der Waals surface area contributed by atoms with Crippen LogP contribution < -0.4 is 0 Å². The van der Waals surface area contributed by atoms with Crippen LogP contribution in [0.1, 0.15) is 41.9 Å². The van der Waals surface area contributed by atoms with Crippen molar-refractivity contribution in [3.63, 3.8) is 0 Å². The molecule has 3 fully saturated rings. The van der Waals surface area contributed by atoms with Crippen LogP contribution in [-0.2, 0) is 16.0 Å². The molecule has 27 heavy (non-hydrogen) atoms. The van der Waals surface area contributed by atoms with Gasteiger partial charge in [-0.2, -0.15) is 0 Å². The summed E-state index contributed by atoms with van der Waals surface area (Å²) in [6.07, 6.45) is 4.27. The average Bonchev–Trinajstić information content (AvgIpc) is 2.74. The fourth-order valence-corrected chi connectivity index (χ4v) is 5.37. The van der Waals surface area contributed by atoms with Gasteiger partial charge in [0.1, 0.15) is 6.10 Å². The van der Waals surface area contributed by atoms with Crippen LogP contribution in [0, 0.1) is 11.8 Å². The van der Waals surface area contributed by atoms with Gasteiger partial charge < -0.3 is 4.74 Å². The molecule has 3 aliphatic heterocycles. The van der Waals surface area contributed by atoms with Gasteiger partial charge in [-0.1, -0.05) is 54.6 Å². The van der Waals surface area contributed by atoms with E-state index in [0.717, 1.165) is 19.4 Å². The standard InChI is InChI=1S/C24H27NO2/c26-24(27-22-16-25-14-12-18(22)13-15-25)21-11-10-17-6-4-5-9-20(17)23(21)19-7-2-1-3-8-19/h1-9,18,21-23H,10-16H2/t21?,22?,23-/m0/s1. The molecular formula is C24H27NO2. The molecule has 3 atom stereocenters. The Morgan fingerprint density at radius 1 is 0.926 bits per heavy atom. The minimum Gasteiger partial charge on any atom is -0.460 e. The number of hydrogen-bond donors (Lipinski definition) is 0. The molecule has 1 aliphatic carbocycles. The Morgan fingerprint density at radius 3 is 2.41 bits per heavy atom. The van der Waals surface area contributed by atoms with Crippen molar-refractivity contribution in [3.8, 4) is 0 Å². The maximum Gasteiger partial charge on any atom is 0.310 e. The minimum atomic E-state index is -0.0854. The molecule has 0 radical (unpaired) electrons. The summed E-state index contributed by atoms with van der Waals surface area (Å²) in [7, 11) is 0. The van der Waals surface area contributed by atoms with Crippen LogP contribution >= 0.6 is 0 Å². The molecule has 0 saturated carbocycles. The summed E-state index contributed by atoms with van der Waals surface area (Å²) < 4.78 is 6.15. The first-order valence-corrected chi connectivity index (χ1v) is 10.3. The molecular weight excluding hydrogens is 334 g/mol. The van der Waals surface area contributed by atoms with Crippen LogP contribution in [0.15, 0.2) is 54.6 Å². The highest BCUT2D eigenvalue weighted by atomic mass is 16.5. The molecule has 0 spiro atoms. The molecule has 4 aliphatic rings. The zero-order valence-corrected chi connectivity index (χ0v) is 15.7. The predicted molar refractivity (Wildman–Crippen MR) is 106 cm³/mol. The topological polar surface area (TPSA) is 29.5 Å². The number of piperidine rings is 3. The van der Waals surface area contributed by atoms with E-state index in [1.807, 2.05) is 6.07 Å². The molecule has 140 valence electrons. The van der Waals surface area contributed by atoms with E-state index in [-0.39, 0.29) is 23.9 Å². The molecule has 6 rings (SSSR count). The second-order valence-electron chi connectivity index (χ2n) is 8.35. The van der Waals surface area contributed by atoms with E-state index in [0.29, 0.717) is 5.92 Å². The van der Waals surface area contributed by atoms with Gasteiger partial charge in [0.2, 0.25) is 0 Å². The lowest BCUT2D eigenvalue weighted by atomic mass is 9.72. The summed E-state index contributed by atoms with van der Waals surface area (Å²) in [5.41, 5.74) is 3.89. The van der Waals surface area contributed by atoms with E-state index in [9.17, 15) is 4.79 Å². The fourth-order valence-electron chi connectivity index (χ4n) is 5.37. The Bertz CT molecular complexity index is 810. The maximum atomic E-state index is 13.3. The molecule has 0 amide bonds. The highest BCUT2D eigenvalue weighted by Crippen LogP contribution is 2.42. The van der Waals surface area contributed by atoms with Crippen LogP contribution in [0.25, 0.3) is 0 Å². The zero-order chi connectivity index (χ0) is 18.2. The van der Waals surface area contributed by atoms with Crippen molar-refractivity contribution in [3.05, 3.63) is 71.3 Å². The van der Waals surface area contributed by atoms with Gasteiger partial charge in [0.05, 0.1) is 5.92 Å². The number of aryl methyl sites for hydroxylation is 1. The van der Waals surface area contributed by atoms with Crippen molar-refractivity contribution in [1.29, 1.82) is 0 Å². The van der Waals surface area contributed by atoms with Gasteiger partial charge in [-0.3, -0.25) is 9.69 Å². The molecule has 0 N–H and O–H groups in total. The Hall–Kier alpha value is -2.13. The third-order valence-electron chi connectivity index (χ3n) is 6.84. The molecule has 2 aromatic carbocycles.